The van der Waals surface area contributed by atoms with Crippen LogP contribution in [-0.2, 0) is 11.3 Å². The minimum Gasteiger partial charge on any atom is -0.445 e. The van der Waals surface area contributed by atoms with Crippen molar-refractivity contribution in [3.63, 3.8) is 0 Å². The number of nitrogens with zero attached hydrogens (tertiary/aromatic N) is 1. The molecule has 2 atom stereocenters. The summed E-state index contributed by atoms with van der Waals surface area (Å²) < 4.78 is 5.28. The summed E-state index contributed by atoms with van der Waals surface area (Å²) in [6.07, 6.45) is -0.335. The Balaban J connectivity index is 1.87. The molecular formula is C15H21NO3. The number of ether oxygens (including phenoxy) is 1. The van der Waals surface area contributed by atoms with Gasteiger partial charge in [-0.1, -0.05) is 44.2 Å². The number of carbonyl (C=O) groups is 1. The number of amides is 1. The molecule has 0 aliphatic heterocycles. The summed E-state index contributed by atoms with van der Waals surface area (Å²) in [6.45, 7) is 4.49. The molecule has 0 saturated heterocycles. The minimum absolute atomic E-state index is 0.0325. The Morgan fingerprint density at radius 2 is 2.00 bits per heavy atom. The predicted molar refractivity (Wildman–Crippen MR) is 72.5 cm³/mol. The molecule has 104 valence electrons. The van der Waals surface area contributed by atoms with Gasteiger partial charge in [0.15, 0.2) is 0 Å². The number of hydrogen-bond acceptors (Lipinski definition) is 3. The number of aliphatic hydroxyl groups is 1. The average Bonchev–Trinajstić information content (AvgIpc) is 2.97. The summed E-state index contributed by atoms with van der Waals surface area (Å²) in [5.41, 5.74) is 0.938. The maximum Gasteiger partial charge on any atom is 0.410 e. The molecule has 4 nitrogen and oxygen atoms in total. The number of carbonyl (C=O) groups excluding carboxylic acids is 1. The van der Waals surface area contributed by atoms with Crippen LogP contribution in [0.15, 0.2) is 30.3 Å². The fourth-order valence-corrected chi connectivity index (χ4v) is 2.75. The summed E-state index contributed by atoms with van der Waals surface area (Å²) in [4.78, 5) is 13.6. The van der Waals surface area contributed by atoms with Crippen LogP contribution in [0.25, 0.3) is 0 Å². The first-order valence-corrected chi connectivity index (χ1v) is 6.53. The largest absolute Gasteiger partial charge is 0.445 e. The van der Waals surface area contributed by atoms with Crippen LogP contribution in [0.2, 0.25) is 0 Å². The molecule has 19 heavy (non-hydrogen) atoms. The average molecular weight is 263 g/mol. The lowest BCUT2D eigenvalue weighted by molar-refractivity contribution is 0.0971. The third-order valence-electron chi connectivity index (χ3n) is 4.10. The van der Waals surface area contributed by atoms with Crippen molar-refractivity contribution in [1.29, 1.82) is 0 Å². The second kappa shape index (κ2) is 5.21. The van der Waals surface area contributed by atoms with Gasteiger partial charge in [-0.2, -0.15) is 0 Å². The normalized spacial score (nSPS) is 23.8. The van der Waals surface area contributed by atoms with E-state index in [2.05, 4.69) is 13.8 Å². The molecule has 1 saturated carbocycles. The monoisotopic (exact) mass is 263 g/mol. The Labute approximate surface area is 114 Å². The predicted octanol–water partition coefficient (Wildman–Crippen LogP) is 2.27. The van der Waals surface area contributed by atoms with Gasteiger partial charge in [-0.3, -0.25) is 0 Å². The van der Waals surface area contributed by atoms with E-state index in [1.165, 1.54) is 0 Å². The smallest absolute Gasteiger partial charge is 0.410 e. The van der Waals surface area contributed by atoms with Crippen LogP contribution in [0.3, 0.4) is 0 Å². The maximum absolute atomic E-state index is 12.0. The Morgan fingerprint density at radius 3 is 2.53 bits per heavy atom. The third kappa shape index (κ3) is 2.73. The van der Waals surface area contributed by atoms with Gasteiger partial charge < -0.3 is 14.7 Å². The molecule has 1 N–H and O–H groups in total. The van der Waals surface area contributed by atoms with Crippen LogP contribution in [0.5, 0.6) is 0 Å². The van der Waals surface area contributed by atoms with Crippen molar-refractivity contribution >= 4 is 6.09 Å². The van der Waals surface area contributed by atoms with E-state index < -0.39 is 0 Å². The molecule has 1 aromatic carbocycles. The molecule has 0 unspecified atom stereocenters. The molecule has 1 amide bonds. The van der Waals surface area contributed by atoms with Gasteiger partial charge in [0, 0.05) is 25.6 Å². The fourth-order valence-electron chi connectivity index (χ4n) is 2.75. The van der Waals surface area contributed by atoms with E-state index in [0.717, 1.165) is 5.56 Å². The second-order valence-electron chi connectivity index (χ2n) is 5.71. The fraction of sp³-hybridized carbons (Fsp3) is 0.533. The third-order valence-corrected chi connectivity index (χ3v) is 4.10. The first-order chi connectivity index (χ1) is 8.98. The molecule has 0 bridgehead atoms. The van der Waals surface area contributed by atoms with E-state index in [1.807, 2.05) is 30.3 Å². The van der Waals surface area contributed by atoms with E-state index in [-0.39, 0.29) is 36.7 Å². The molecule has 1 aromatic rings. The topological polar surface area (TPSA) is 49.8 Å². The molecule has 1 fully saturated rings. The molecule has 4 heteroatoms. The molecule has 0 aromatic heterocycles. The zero-order chi connectivity index (χ0) is 14.0. The first kappa shape index (κ1) is 13.9. The maximum atomic E-state index is 12.0. The van der Waals surface area contributed by atoms with Gasteiger partial charge in [0.1, 0.15) is 6.61 Å². The summed E-state index contributed by atoms with van der Waals surface area (Å²) in [5, 5.41) is 9.27. The molecule has 0 radical (unpaired) electrons. The van der Waals surface area contributed by atoms with Crippen molar-refractivity contribution in [1.82, 2.24) is 4.90 Å². The SMILES string of the molecule is CN(C(=O)OCc1ccccc1)[C@@H]1[C@@H](CO)C1(C)C. The Morgan fingerprint density at radius 1 is 1.37 bits per heavy atom. The van der Waals surface area contributed by atoms with Gasteiger partial charge in [-0.15, -0.1) is 0 Å². The molecule has 0 heterocycles. The van der Waals surface area contributed by atoms with E-state index in [1.54, 1.807) is 11.9 Å². The van der Waals surface area contributed by atoms with Gasteiger partial charge in [0.25, 0.3) is 0 Å². The van der Waals surface area contributed by atoms with Crippen LogP contribution in [0.4, 0.5) is 4.79 Å². The van der Waals surface area contributed by atoms with Crippen molar-refractivity contribution in [2.24, 2.45) is 11.3 Å². The first-order valence-electron chi connectivity index (χ1n) is 6.53. The Kier molecular flexibility index (Phi) is 3.80. The number of benzene rings is 1. The van der Waals surface area contributed by atoms with Gasteiger partial charge in [0.2, 0.25) is 0 Å². The van der Waals surface area contributed by atoms with Crippen molar-refractivity contribution in [3.05, 3.63) is 35.9 Å². The summed E-state index contributed by atoms with van der Waals surface area (Å²) in [7, 11) is 1.73. The van der Waals surface area contributed by atoms with Crippen LogP contribution >= 0.6 is 0 Å². The molecule has 1 aliphatic carbocycles. The van der Waals surface area contributed by atoms with Crippen LogP contribution in [-0.4, -0.2) is 35.8 Å². The highest BCUT2D eigenvalue weighted by Crippen LogP contribution is 2.54. The van der Waals surface area contributed by atoms with Crippen molar-refractivity contribution in [3.8, 4) is 0 Å². The lowest BCUT2D eigenvalue weighted by Gasteiger charge is -2.18. The Hall–Kier alpha value is -1.55. The van der Waals surface area contributed by atoms with Crippen LogP contribution in [0.1, 0.15) is 19.4 Å². The van der Waals surface area contributed by atoms with Gasteiger partial charge in [-0.25, -0.2) is 4.79 Å². The van der Waals surface area contributed by atoms with Gasteiger partial charge in [0.05, 0.1) is 0 Å². The number of rotatable bonds is 4. The van der Waals surface area contributed by atoms with Crippen molar-refractivity contribution < 1.29 is 14.6 Å². The lowest BCUT2D eigenvalue weighted by atomic mass is 10.1. The quantitative estimate of drug-likeness (QED) is 0.906. The standard InChI is InChI=1S/C15H21NO3/c1-15(2)12(9-17)13(15)16(3)14(18)19-10-11-7-5-4-6-8-11/h4-8,12-13,17H,9-10H2,1-3H3/t12-,13-/m1/s1. The van der Waals surface area contributed by atoms with E-state index in [9.17, 15) is 9.90 Å². The second-order valence-corrected chi connectivity index (χ2v) is 5.71. The van der Waals surface area contributed by atoms with Crippen molar-refractivity contribution in [2.45, 2.75) is 26.5 Å². The molecular weight excluding hydrogens is 242 g/mol. The number of hydrogen-bond donors (Lipinski definition) is 1. The molecule has 2 rings (SSSR count). The summed E-state index contributed by atoms with van der Waals surface area (Å²) in [5.74, 6) is 0.141. The highest BCUT2D eigenvalue weighted by molar-refractivity contribution is 5.68. The van der Waals surface area contributed by atoms with Crippen LogP contribution < -0.4 is 0 Å². The van der Waals surface area contributed by atoms with Crippen molar-refractivity contribution in [2.75, 3.05) is 13.7 Å². The molecule has 1 aliphatic rings. The Bertz CT molecular complexity index is 444. The lowest BCUT2D eigenvalue weighted by Crippen LogP contribution is -2.32. The van der Waals surface area contributed by atoms with E-state index in [4.69, 9.17) is 4.74 Å². The van der Waals surface area contributed by atoms with Gasteiger partial charge in [-0.05, 0) is 11.0 Å². The van der Waals surface area contributed by atoms with Crippen LogP contribution in [0, 0.1) is 11.3 Å². The summed E-state index contributed by atoms with van der Waals surface area (Å²) >= 11 is 0. The van der Waals surface area contributed by atoms with Gasteiger partial charge >= 0.3 is 6.09 Å². The highest BCUT2D eigenvalue weighted by atomic mass is 16.6. The highest BCUT2D eigenvalue weighted by Gasteiger charge is 2.60. The molecule has 0 spiro atoms. The van der Waals surface area contributed by atoms with E-state index in [0.29, 0.717) is 0 Å². The van der Waals surface area contributed by atoms with E-state index >= 15 is 0 Å². The zero-order valence-corrected chi connectivity index (χ0v) is 11.7. The zero-order valence-electron chi connectivity index (χ0n) is 11.7. The minimum atomic E-state index is -0.335. The number of aliphatic hydroxyl groups excluding tert-OH is 1. The summed E-state index contributed by atoms with van der Waals surface area (Å²) in [6, 6.07) is 9.66.